The largest absolute Gasteiger partial charge is 0.393 e. The fraction of sp³-hybridized carbons (Fsp3) is 0.600. The van der Waals surface area contributed by atoms with Crippen LogP contribution in [0.4, 0.5) is 0 Å². The molecule has 1 saturated carbocycles. The van der Waals surface area contributed by atoms with Crippen molar-refractivity contribution in [3.8, 4) is 0 Å². The van der Waals surface area contributed by atoms with Gasteiger partial charge in [0.05, 0.1) is 6.10 Å². The van der Waals surface area contributed by atoms with Crippen molar-refractivity contribution in [1.29, 1.82) is 0 Å². The monoisotopic (exact) mass is 233 g/mol. The predicted molar refractivity (Wildman–Crippen MR) is 70.8 cm³/mol. The van der Waals surface area contributed by atoms with E-state index in [1.807, 2.05) is 0 Å². The van der Waals surface area contributed by atoms with Crippen molar-refractivity contribution >= 4 is 0 Å². The Balaban J connectivity index is 1.93. The summed E-state index contributed by atoms with van der Waals surface area (Å²) in [5.41, 5.74) is 1.35. The van der Waals surface area contributed by atoms with Gasteiger partial charge in [0.15, 0.2) is 0 Å². The molecule has 3 atom stereocenters. The molecular weight excluding hydrogens is 210 g/mol. The summed E-state index contributed by atoms with van der Waals surface area (Å²) in [6, 6.07) is 11.0. The van der Waals surface area contributed by atoms with Gasteiger partial charge in [-0.3, -0.25) is 4.90 Å². The van der Waals surface area contributed by atoms with E-state index in [9.17, 15) is 5.11 Å². The van der Waals surface area contributed by atoms with Crippen molar-refractivity contribution in [2.75, 3.05) is 13.6 Å². The van der Waals surface area contributed by atoms with Crippen LogP contribution in [0.2, 0.25) is 0 Å². The molecule has 0 aromatic heterocycles. The lowest BCUT2D eigenvalue weighted by Gasteiger charge is -2.29. The van der Waals surface area contributed by atoms with Crippen molar-refractivity contribution < 1.29 is 5.11 Å². The van der Waals surface area contributed by atoms with Crippen LogP contribution in [-0.2, 0) is 0 Å². The molecular formula is C15H23NO. The Labute approximate surface area is 104 Å². The zero-order valence-electron chi connectivity index (χ0n) is 10.8. The molecule has 1 aromatic carbocycles. The molecule has 0 amide bonds. The highest BCUT2D eigenvalue weighted by Crippen LogP contribution is 2.28. The van der Waals surface area contributed by atoms with Gasteiger partial charge in [0.2, 0.25) is 0 Å². The lowest BCUT2D eigenvalue weighted by atomic mass is 10.0. The molecule has 2 rings (SSSR count). The van der Waals surface area contributed by atoms with Crippen molar-refractivity contribution in [3.63, 3.8) is 0 Å². The molecule has 1 aliphatic rings. The van der Waals surface area contributed by atoms with E-state index in [1.165, 1.54) is 18.4 Å². The van der Waals surface area contributed by atoms with E-state index in [4.69, 9.17) is 0 Å². The van der Waals surface area contributed by atoms with E-state index in [0.29, 0.717) is 12.0 Å². The van der Waals surface area contributed by atoms with E-state index in [0.717, 1.165) is 13.0 Å². The van der Waals surface area contributed by atoms with Gasteiger partial charge in [0, 0.05) is 12.6 Å². The van der Waals surface area contributed by atoms with Crippen LogP contribution < -0.4 is 0 Å². The average Bonchev–Trinajstić information content (AvgIpc) is 2.75. The van der Waals surface area contributed by atoms with Crippen molar-refractivity contribution in [1.82, 2.24) is 4.90 Å². The summed E-state index contributed by atoms with van der Waals surface area (Å²) in [4.78, 5) is 2.36. The van der Waals surface area contributed by atoms with Crippen molar-refractivity contribution in [2.45, 2.75) is 38.3 Å². The highest BCUT2D eigenvalue weighted by molar-refractivity contribution is 5.18. The second-order valence-corrected chi connectivity index (χ2v) is 5.28. The Bertz CT molecular complexity index is 338. The maximum absolute atomic E-state index is 9.86. The number of aliphatic hydroxyl groups is 1. The van der Waals surface area contributed by atoms with Gasteiger partial charge in [-0.15, -0.1) is 0 Å². The smallest absolute Gasteiger partial charge is 0.0580 e. The van der Waals surface area contributed by atoms with Crippen LogP contribution in [0.15, 0.2) is 30.3 Å². The minimum Gasteiger partial charge on any atom is -0.393 e. The summed E-state index contributed by atoms with van der Waals surface area (Å²) in [5, 5.41) is 9.86. The minimum atomic E-state index is -0.0829. The first-order chi connectivity index (χ1) is 8.18. The average molecular weight is 233 g/mol. The van der Waals surface area contributed by atoms with Gasteiger partial charge in [0.25, 0.3) is 0 Å². The molecule has 3 unspecified atom stereocenters. The number of hydrogen-bond donors (Lipinski definition) is 1. The molecule has 0 spiro atoms. The fourth-order valence-electron chi connectivity index (χ4n) is 2.74. The van der Waals surface area contributed by atoms with Crippen LogP contribution in [-0.4, -0.2) is 29.7 Å². The Hall–Kier alpha value is -0.860. The second kappa shape index (κ2) is 5.65. The van der Waals surface area contributed by atoms with Crippen molar-refractivity contribution in [3.05, 3.63) is 35.9 Å². The summed E-state index contributed by atoms with van der Waals surface area (Å²) >= 11 is 0. The molecule has 1 fully saturated rings. The third-order valence-electron chi connectivity index (χ3n) is 4.08. The molecule has 0 radical (unpaired) electrons. The van der Waals surface area contributed by atoms with Crippen LogP contribution in [0.25, 0.3) is 0 Å². The summed E-state index contributed by atoms with van der Waals surface area (Å²) in [6.07, 6.45) is 3.25. The second-order valence-electron chi connectivity index (χ2n) is 5.28. The van der Waals surface area contributed by atoms with Crippen molar-refractivity contribution in [2.24, 2.45) is 5.92 Å². The van der Waals surface area contributed by atoms with E-state index in [-0.39, 0.29) is 6.10 Å². The Morgan fingerprint density at radius 3 is 2.59 bits per heavy atom. The quantitative estimate of drug-likeness (QED) is 0.864. The molecule has 0 bridgehead atoms. The molecule has 1 aliphatic carbocycles. The molecule has 17 heavy (non-hydrogen) atoms. The predicted octanol–water partition coefficient (Wildman–Crippen LogP) is 2.84. The first-order valence-electron chi connectivity index (χ1n) is 6.61. The number of rotatable bonds is 4. The lowest BCUT2D eigenvalue weighted by molar-refractivity contribution is 0.0991. The molecule has 1 aromatic rings. The van der Waals surface area contributed by atoms with E-state index >= 15 is 0 Å². The normalized spacial score (nSPS) is 26.4. The Kier molecular flexibility index (Phi) is 4.19. The summed E-state index contributed by atoms with van der Waals surface area (Å²) in [7, 11) is 2.16. The highest BCUT2D eigenvalue weighted by atomic mass is 16.3. The van der Waals surface area contributed by atoms with Gasteiger partial charge in [-0.25, -0.2) is 0 Å². The standard InChI is InChI=1S/C15H23NO/c1-12(13-7-4-3-5-8-13)16(2)11-14-9-6-10-15(14)17/h3-5,7-8,12,14-15,17H,6,9-11H2,1-2H3. The van der Waals surface area contributed by atoms with Gasteiger partial charge < -0.3 is 5.11 Å². The topological polar surface area (TPSA) is 23.5 Å². The Morgan fingerprint density at radius 2 is 2.00 bits per heavy atom. The van der Waals surface area contributed by atoms with Crippen LogP contribution in [0.1, 0.15) is 37.8 Å². The Morgan fingerprint density at radius 1 is 1.29 bits per heavy atom. The zero-order valence-corrected chi connectivity index (χ0v) is 10.8. The summed E-state index contributed by atoms with van der Waals surface area (Å²) < 4.78 is 0. The molecule has 2 nitrogen and oxygen atoms in total. The van der Waals surface area contributed by atoms with Crippen LogP contribution in [0.3, 0.4) is 0 Å². The van der Waals surface area contributed by atoms with Gasteiger partial charge in [-0.2, -0.15) is 0 Å². The van der Waals surface area contributed by atoms with E-state index in [1.54, 1.807) is 0 Å². The minimum absolute atomic E-state index is 0.0829. The van der Waals surface area contributed by atoms with E-state index < -0.39 is 0 Å². The fourth-order valence-corrected chi connectivity index (χ4v) is 2.74. The number of benzene rings is 1. The number of aliphatic hydroxyl groups excluding tert-OH is 1. The maximum Gasteiger partial charge on any atom is 0.0580 e. The molecule has 1 N–H and O–H groups in total. The summed E-state index contributed by atoms with van der Waals surface area (Å²) in [5.74, 6) is 0.464. The third kappa shape index (κ3) is 3.08. The number of nitrogens with zero attached hydrogens (tertiary/aromatic N) is 1. The molecule has 0 aliphatic heterocycles. The maximum atomic E-state index is 9.86. The van der Waals surface area contributed by atoms with Gasteiger partial charge >= 0.3 is 0 Å². The highest BCUT2D eigenvalue weighted by Gasteiger charge is 2.27. The number of hydrogen-bond acceptors (Lipinski definition) is 2. The van der Waals surface area contributed by atoms with Crippen LogP contribution in [0, 0.1) is 5.92 Å². The molecule has 2 heteroatoms. The van der Waals surface area contributed by atoms with E-state index in [2.05, 4.69) is 49.2 Å². The van der Waals surface area contributed by atoms with Gasteiger partial charge in [-0.1, -0.05) is 36.8 Å². The summed E-state index contributed by atoms with van der Waals surface area (Å²) in [6.45, 7) is 3.23. The van der Waals surface area contributed by atoms with Gasteiger partial charge in [-0.05, 0) is 38.3 Å². The first-order valence-corrected chi connectivity index (χ1v) is 6.61. The first kappa shape index (κ1) is 12.6. The van der Waals surface area contributed by atoms with Gasteiger partial charge in [0.1, 0.15) is 0 Å². The molecule has 94 valence electrons. The third-order valence-corrected chi connectivity index (χ3v) is 4.08. The molecule has 0 saturated heterocycles. The lowest BCUT2D eigenvalue weighted by Crippen LogP contribution is -2.31. The van der Waals surface area contributed by atoms with Crippen LogP contribution >= 0.6 is 0 Å². The zero-order chi connectivity index (χ0) is 12.3. The molecule has 0 heterocycles. The van der Waals surface area contributed by atoms with Crippen LogP contribution in [0.5, 0.6) is 0 Å². The SMILES string of the molecule is CC(c1ccccc1)N(C)CC1CCCC1O.